The molecule has 0 saturated heterocycles. The van der Waals surface area contributed by atoms with Crippen LogP contribution in [-0.2, 0) is 9.84 Å². The topological polar surface area (TPSA) is 71.4 Å². The highest BCUT2D eigenvalue weighted by Gasteiger charge is 2.24. The van der Waals surface area contributed by atoms with Crippen LogP contribution in [0.5, 0.6) is 0 Å². The number of carbonyl (C=O) groups is 1. The minimum atomic E-state index is -3.91. The molecule has 4 nitrogen and oxygen atoms in total. The van der Waals surface area contributed by atoms with Crippen LogP contribution in [-0.4, -0.2) is 25.2 Å². The SMILES string of the molecule is C=CCCCCCS(=O)(=O)c1cc(Cl)cc(C(=O)O)c1F. The molecule has 0 saturated carbocycles. The Bertz CT molecular complexity index is 641. The molecule has 0 spiro atoms. The molecule has 0 unspecified atom stereocenters. The largest absolute Gasteiger partial charge is 0.478 e. The molecule has 0 aliphatic carbocycles. The number of carboxylic acids is 1. The Labute approximate surface area is 128 Å². The van der Waals surface area contributed by atoms with Crippen LogP contribution in [0.3, 0.4) is 0 Å². The number of sulfone groups is 1. The zero-order chi connectivity index (χ0) is 16.0. The Balaban J connectivity index is 2.98. The Morgan fingerprint density at radius 3 is 2.57 bits per heavy atom. The van der Waals surface area contributed by atoms with Gasteiger partial charge in [0.1, 0.15) is 4.90 Å². The van der Waals surface area contributed by atoms with E-state index in [4.69, 9.17) is 16.7 Å². The van der Waals surface area contributed by atoms with Crippen LogP contribution in [0.15, 0.2) is 29.7 Å². The van der Waals surface area contributed by atoms with Crippen molar-refractivity contribution < 1.29 is 22.7 Å². The standard InChI is InChI=1S/C14H16ClFO4S/c1-2-3-4-5-6-7-21(19,20)12-9-10(15)8-11(13(12)16)14(17)18/h2,8-9H,1,3-7H2,(H,17,18). The zero-order valence-electron chi connectivity index (χ0n) is 11.3. The van der Waals surface area contributed by atoms with Gasteiger partial charge in [-0.15, -0.1) is 6.58 Å². The maximum atomic E-state index is 14.0. The van der Waals surface area contributed by atoms with E-state index in [-0.39, 0.29) is 10.8 Å². The maximum absolute atomic E-state index is 14.0. The van der Waals surface area contributed by atoms with Crippen molar-refractivity contribution in [1.29, 1.82) is 0 Å². The molecule has 116 valence electrons. The van der Waals surface area contributed by atoms with E-state index >= 15 is 0 Å². The Kier molecular flexibility index (Phi) is 6.36. The van der Waals surface area contributed by atoms with Gasteiger partial charge in [0.15, 0.2) is 15.7 Å². The lowest BCUT2D eigenvalue weighted by molar-refractivity contribution is 0.0691. The van der Waals surface area contributed by atoms with Crippen LogP contribution in [0.4, 0.5) is 4.39 Å². The third kappa shape index (κ3) is 4.82. The Morgan fingerprint density at radius 2 is 2.00 bits per heavy atom. The molecule has 1 aromatic carbocycles. The Hall–Kier alpha value is -1.40. The number of carboxylic acid groups (broad SMARTS) is 1. The van der Waals surface area contributed by atoms with Crippen molar-refractivity contribution >= 4 is 27.4 Å². The van der Waals surface area contributed by atoms with Gasteiger partial charge in [-0.1, -0.05) is 24.1 Å². The van der Waals surface area contributed by atoms with Gasteiger partial charge in [-0.25, -0.2) is 17.6 Å². The number of hydrogen-bond acceptors (Lipinski definition) is 3. The van der Waals surface area contributed by atoms with E-state index in [2.05, 4.69) is 6.58 Å². The molecule has 0 bridgehead atoms. The lowest BCUT2D eigenvalue weighted by atomic mass is 10.2. The number of allylic oxidation sites excluding steroid dienone is 1. The number of rotatable bonds is 8. The first-order valence-corrected chi connectivity index (χ1v) is 8.38. The molecule has 21 heavy (non-hydrogen) atoms. The van der Waals surface area contributed by atoms with Crippen molar-refractivity contribution in [2.75, 3.05) is 5.75 Å². The van der Waals surface area contributed by atoms with E-state index in [1.54, 1.807) is 6.08 Å². The predicted octanol–water partition coefficient (Wildman–Crippen LogP) is 3.70. The van der Waals surface area contributed by atoms with E-state index < -0.39 is 32.1 Å². The molecule has 0 atom stereocenters. The van der Waals surface area contributed by atoms with Gasteiger partial charge in [0, 0.05) is 5.02 Å². The van der Waals surface area contributed by atoms with Crippen LogP contribution >= 0.6 is 11.6 Å². The highest BCUT2D eigenvalue weighted by molar-refractivity contribution is 7.91. The van der Waals surface area contributed by atoms with E-state index in [1.807, 2.05) is 0 Å². The predicted molar refractivity (Wildman–Crippen MR) is 79.1 cm³/mol. The van der Waals surface area contributed by atoms with Gasteiger partial charge in [0.05, 0.1) is 11.3 Å². The molecule has 0 aliphatic heterocycles. The first-order chi connectivity index (χ1) is 9.79. The van der Waals surface area contributed by atoms with Gasteiger partial charge in [0.25, 0.3) is 0 Å². The van der Waals surface area contributed by atoms with Crippen molar-refractivity contribution in [1.82, 2.24) is 0 Å². The first kappa shape index (κ1) is 17.7. The molecular formula is C14H16ClFO4S. The fourth-order valence-corrected chi connectivity index (χ4v) is 3.59. The lowest BCUT2D eigenvalue weighted by Crippen LogP contribution is -2.12. The summed E-state index contributed by atoms with van der Waals surface area (Å²) in [5.41, 5.74) is -0.743. The van der Waals surface area contributed by atoms with E-state index in [0.717, 1.165) is 25.0 Å². The molecule has 0 aromatic heterocycles. The van der Waals surface area contributed by atoms with Crippen molar-refractivity contribution in [3.8, 4) is 0 Å². The van der Waals surface area contributed by atoms with Crippen LogP contribution in [0.25, 0.3) is 0 Å². The molecule has 1 rings (SSSR count). The summed E-state index contributed by atoms with van der Waals surface area (Å²) in [6.45, 7) is 3.56. The second kappa shape index (κ2) is 7.56. The quantitative estimate of drug-likeness (QED) is 0.581. The fourth-order valence-electron chi connectivity index (χ4n) is 1.81. The summed E-state index contributed by atoms with van der Waals surface area (Å²) in [6, 6.07) is 1.84. The van der Waals surface area contributed by atoms with Crippen molar-refractivity contribution in [2.45, 2.75) is 30.6 Å². The minimum Gasteiger partial charge on any atom is -0.478 e. The molecule has 1 aromatic rings. The maximum Gasteiger partial charge on any atom is 0.338 e. The van der Waals surface area contributed by atoms with Crippen molar-refractivity contribution in [3.63, 3.8) is 0 Å². The number of aromatic carboxylic acids is 1. The van der Waals surface area contributed by atoms with Crippen LogP contribution in [0.1, 0.15) is 36.0 Å². The average Bonchev–Trinajstić information content (AvgIpc) is 2.40. The third-order valence-corrected chi connectivity index (χ3v) is 4.90. The van der Waals surface area contributed by atoms with Gasteiger partial charge >= 0.3 is 5.97 Å². The second-order valence-corrected chi connectivity index (χ2v) is 7.04. The van der Waals surface area contributed by atoms with Crippen LogP contribution in [0.2, 0.25) is 5.02 Å². The summed E-state index contributed by atoms with van der Waals surface area (Å²) in [7, 11) is -3.91. The molecule has 7 heteroatoms. The first-order valence-electron chi connectivity index (χ1n) is 6.35. The van der Waals surface area contributed by atoms with Gasteiger partial charge in [-0.3, -0.25) is 0 Å². The zero-order valence-corrected chi connectivity index (χ0v) is 12.9. The number of unbranched alkanes of at least 4 members (excludes halogenated alkanes) is 3. The second-order valence-electron chi connectivity index (χ2n) is 4.53. The van der Waals surface area contributed by atoms with E-state index in [1.165, 1.54) is 0 Å². The van der Waals surface area contributed by atoms with Gasteiger partial charge in [-0.2, -0.15) is 0 Å². The summed E-state index contributed by atoms with van der Waals surface area (Å²) in [5, 5.41) is 8.72. The highest BCUT2D eigenvalue weighted by Crippen LogP contribution is 2.25. The molecule has 0 fully saturated rings. The molecule has 0 radical (unpaired) electrons. The molecule has 0 heterocycles. The summed E-state index contributed by atoms with van der Waals surface area (Å²) >= 11 is 5.67. The fraction of sp³-hybridized carbons (Fsp3) is 0.357. The number of halogens is 2. The molecule has 0 aliphatic rings. The summed E-state index contributed by atoms with van der Waals surface area (Å²) in [6.07, 6.45) is 4.36. The van der Waals surface area contributed by atoms with Crippen molar-refractivity contribution in [3.05, 3.63) is 41.2 Å². The summed E-state index contributed by atoms with van der Waals surface area (Å²) in [4.78, 5) is 10.2. The van der Waals surface area contributed by atoms with E-state index in [9.17, 15) is 17.6 Å². The summed E-state index contributed by atoms with van der Waals surface area (Å²) < 4.78 is 38.2. The smallest absolute Gasteiger partial charge is 0.338 e. The van der Waals surface area contributed by atoms with Crippen LogP contribution < -0.4 is 0 Å². The number of hydrogen-bond donors (Lipinski definition) is 1. The van der Waals surface area contributed by atoms with E-state index in [0.29, 0.717) is 12.8 Å². The normalized spacial score (nSPS) is 11.3. The minimum absolute atomic E-state index is 0.126. The molecular weight excluding hydrogens is 319 g/mol. The molecule has 0 amide bonds. The third-order valence-electron chi connectivity index (χ3n) is 2.89. The number of benzene rings is 1. The van der Waals surface area contributed by atoms with Gasteiger partial charge in [0.2, 0.25) is 0 Å². The van der Waals surface area contributed by atoms with Gasteiger partial charge < -0.3 is 5.11 Å². The van der Waals surface area contributed by atoms with Crippen molar-refractivity contribution in [2.24, 2.45) is 0 Å². The monoisotopic (exact) mass is 334 g/mol. The summed E-state index contributed by atoms with van der Waals surface area (Å²) in [5.74, 6) is -3.07. The highest BCUT2D eigenvalue weighted by atomic mass is 35.5. The molecule has 1 N–H and O–H groups in total. The van der Waals surface area contributed by atoms with Gasteiger partial charge in [-0.05, 0) is 31.4 Å². The average molecular weight is 335 g/mol. The Morgan fingerprint density at radius 1 is 1.33 bits per heavy atom. The van der Waals surface area contributed by atoms with Crippen LogP contribution in [0, 0.1) is 5.82 Å². The lowest BCUT2D eigenvalue weighted by Gasteiger charge is -2.08.